The van der Waals surface area contributed by atoms with E-state index < -0.39 is 0 Å². The van der Waals surface area contributed by atoms with Crippen LogP contribution in [0.25, 0.3) is 0 Å². The van der Waals surface area contributed by atoms with Crippen molar-refractivity contribution in [2.45, 2.75) is 19.9 Å². The Balaban J connectivity index is 2.82. The average Bonchev–Trinajstić information content (AvgIpc) is 2.30. The van der Waals surface area contributed by atoms with Gasteiger partial charge >= 0.3 is 0 Å². The van der Waals surface area contributed by atoms with E-state index in [1.807, 2.05) is 26.0 Å². The van der Waals surface area contributed by atoms with E-state index in [0.717, 1.165) is 26.2 Å². The summed E-state index contributed by atoms with van der Waals surface area (Å²) in [5.74, 6) is 0.174. The van der Waals surface area contributed by atoms with Gasteiger partial charge in [-0.1, -0.05) is 13.8 Å². The first-order valence-electron chi connectivity index (χ1n) is 6.60. The van der Waals surface area contributed by atoms with E-state index in [0.29, 0.717) is 6.54 Å². The van der Waals surface area contributed by atoms with Gasteiger partial charge in [0.05, 0.1) is 0 Å². The van der Waals surface area contributed by atoms with Gasteiger partial charge in [-0.2, -0.15) is 0 Å². The van der Waals surface area contributed by atoms with Crippen LogP contribution < -0.4 is 5.73 Å². The van der Waals surface area contributed by atoms with Crippen molar-refractivity contribution in [3.8, 4) is 0 Å². The molecular formula is C13H28N4O. The molecule has 1 amide bonds. The predicted octanol–water partition coefficient (Wildman–Crippen LogP) is -0.324. The quantitative estimate of drug-likeness (QED) is 0.749. The summed E-state index contributed by atoms with van der Waals surface area (Å²) in [5.41, 5.74) is 5.87. The van der Waals surface area contributed by atoms with Gasteiger partial charge in [-0.05, 0) is 26.6 Å². The molecule has 0 aliphatic carbocycles. The van der Waals surface area contributed by atoms with Crippen LogP contribution in [-0.4, -0.2) is 80.5 Å². The zero-order valence-electron chi connectivity index (χ0n) is 12.4. The van der Waals surface area contributed by atoms with E-state index in [4.69, 9.17) is 5.73 Å². The molecule has 1 aliphatic rings. The molecule has 1 atom stereocenters. The molecule has 0 aromatic rings. The van der Waals surface area contributed by atoms with Crippen LogP contribution in [0.5, 0.6) is 0 Å². The molecule has 0 radical (unpaired) electrons. The number of likely N-dealkylation sites (N-methyl/N-ethyl adjacent to an activating group) is 2. The SMILES string of the molecule is CN(C)CCN1CC(C)(C)CN(C)C(CN)C1=O. The lowest BCUT2D eigenvalue weighted by Crippen LogP contribution is -2.49. The van der Waals surface area contributed by atoms with E-state index in [1.54, 1.807) is 0 Å². The van der Waals surface area contributed by atoms with Crippen molar-refractivity contribution >= 4 is 5.91 Å². The second-order valence-electron chi connectivity index (χ2n) is 6.39. The maximum absolute atomic E-state index is 12.5. The molecule has 1 fully saturated rings. The summed E-state index contributed by atoms with van der Waals surface area (Å²) in [6, 6.07) is -0.172. The molecule has 0 bridgehead atoms. The van der Waals surface area contributed by atoms with E-state index in [2.05, 4.69) is 23.6 Å². The molecule has 0 saturated carbocycles. The average molecular weight is 256 g/mol. The molecule has 1 heterocycles. The lowest BCUT2D eigenvalue weighted by atomic mass is 9.92. The van der Waals surface area contributed by atoms with Crippen LogP contribution in [0, 0.1) is 5.41 Å². The highest BCUT2D eigenvalue weighted by molar-refractivity contribution is 5.82. The number of rotatable bonds is 4. The molecular weight excluding hydrogens is 228 g/mol. The zero-order chi connectivity index (χ0) is 13.9. The van der Waals surface area contributed by atoms with E-state index in [-0.39, 0.29) is 17.4 Å². The van der Waals surface area contributed by atoms with Crippen molar-refractivity contribution in [2.75, 3.05) is 53.9 Å². The Morgan fingerprint density at radius 3 is 2.50 bits per heavy atom. The Hall–Kier alpha value is -0.650. The van der Waals surface area contributed by atoms with Crippen LogP contribution in [0.15, 0.2) is 0 Å². The topological polar surface area (TPSA) is 52.8 Å². The van der Waals surface area contributed by atoms with Crippen molar-refractivity contribution in [3.63, 3.8) is 0 Å². The second kappa shape index (κ2) is 5.99. The molecule has 18 heavy (non-hydrogen) atoms. The Labute approximate surface area is 111 Å². The van der Waals surface area contributed by atoms with Gasteiger partial charge in [0.25, 0.3) is 0 Å². The smallest absolute Gasteiger partial charge is 0.241 e. The maximum Gasteiger partial charge on any atom is 0.241 e. The standard InChI is InChI=1S/C13H28N4O/c1-13(2)9-16(5)11(8-14)12(18)17(10-13)7-6-15(3)4/h11H,6-10,14H2,1-5H3. The molecule has 5 heteroatoms. The Kier molecular flexibility index (Phi) is 5.13. The highest BCUT2D eigenvalue weighted by Crippen LogP contribution is 2.23. The molecule has 0 aromatic heterocycles. The Bertz CT molecular complexity index is 291. The highest BCUT2D eigenvalue weighted by atomic mass is 16.2. The van der Waals surface area contributed by atoms with Crippen LogP contribution in [-0.2, 0) is 4.79 Å². The summed E-state index contributed by atoms with van der Waals surface area (Å²) in [6.45, 7) is 8.18. The summed E-state index contributed by atoms with van der Waals surface area (Å²) in [5, 5.41) is 0. The minimum absolute atomic E-state index is 0.112. The number of carbonyl (C=O) groups excluding carboxylic acids is 1. The van der Waals surface area contributed by atoms with Gasteiger partial charge in [-0.25, -0.2) is 0 Å². The fraction of sp³-hybridized carbons (Fsp3) is 0.923. The summed E-state index contributed by atoms with van der Waals surface area (Å²) >= 11 is 0. The van der Waals surface area contributed by atoms with Crippen LogP contribution in [0.4, 0.5) is 0 Å². The highest BCUT2D eigenvalue weighted by Gasteiger charge is 2.36. The zero-order valence-corrected chi connectivity index (χ0v) is 12.4. The van der Waals surface area contributed by atoms with Gasteiger partial charge in [-0.15, -0.1) is 0 Å². The van der Waals surface area contributed by atoms with Crippen molar-refractivity contribution in [3.05, 3.63) is 0 Å². The first-order chi connectivity index (χ1) is 8.26. The molecule has 1 rings (SSSR count). The monoisotopic (exact) mass is 256 g/mol. The summed E-state index contributed by atoms with van der Waals surface area (Å²) in [4.78, 5) is 18.6. The van der Waals surface area contributed by atoms with Gasteiger partial charge in [0.1, 0.15) is 6.04 Å². The predicted molar refractivity (Wildman–Crippen MR) is 74.4 cm³/mol. The molecule has 1 saturated heterocycles. The first kappa shape index (κ1) is 15.4. The van der Waals surface area contributed by atoms with Gasteiger partial charge in [0.2, 0.25) is 5.91 Å². The second-order valence-corrected chi connectivity index (χ2v) is 6.39. The van der Waals surface area contributed by atoms with Crippen molar-refractivity contribution in [2.24, 2.45) is 11.1 Å². The number of hydrogen-bond donors (Lipinski definition) is 1. The third kappa shape index (κ3) is 3.93. The number of carbonyl (C=O) groups is 1. The number of nitrogens with two attached hydrogens (primary N) is 1. The Morgan fingerprint density at radius 1 is 1.39 bits per heavy atom. The largest absolute Gasteiger partial charge is 0.339 e. The maximum atomic E-state index is 12.5. The summed E-state index contributed by atoms with van der Waals surface area (Å²) < 4.78 is 0. The van der Waals surface area contributed by atoms with E-state index in [1.165, 1.54) is 0 Å². The van der Waals surface area contributed by atoms with Crippen LogP contribution in [0.3, 0.4) is 0 Å². The number of hydrogen-bond acceptors (Lipinski definition) is 4. The van der Waals surface area contributed by atoms with Gasteiger partial charge in [0, 0.05) is 32.7 Å². The Morgan fingerprint density at radius 2 is 2.00 bits per heavy atom. The van der Waals surface area contributed by atoms with E-state index >= 15 is 0 Å². The number of amides is 1. The van der Waals surface area contributed by atoms with Crippen molar-refractivity contribution in [1.82, 2.24) is 14.7 Å². The normalized spacial score (nSPS) is 25.6. The third-order valence-electron chi connectivity index (χ3n) is 3.47. The van der Waals surface area contributed by atoms with Crippen molar-refractivity contribution in [1.29, 1.82) is 0 Å². The number of nitrogens with zero attached hydrogens (tertiary/aromatic N) is 3. The molecule has 5 nitrogen and oxygen atoms in total. The summed E-state index contributed by atoms with van der Waals surface area (Å²) in [7, 11) is 6.05. The van der Waals surface area contributed by atoms with Crippen molar-refractivity contribution < 1.29 is 4.79 Å². The third-order valence-corrected chi connectivity index (χ3v) is 3.47. The van der Waals surface area contributed by atoms with Crippen LogP contribution >= 0.6 is 0 Å². The van der Waals surface area contributed by atoms with Gasteiger partial charge in [-0.3, -0.25) is 9.69 Å². The minimum Gasteiger partial charge on any atom is -0.339 e. The minimum atomic E-state index is -0.172. The van der Waals surface area contributed by atoms with Gasteiger partial charge in [0.15, 0.2) is 0 Å². The lowest BCUT2D eigenvalue weighted by Gasteiger charge is -2.30. The summed E-state index contributed by atoms with van der Waals surface area (Å²) in [6.07, 6.45) is 0. The van der Waals surface area contributed by atoms with E-state index in [9.17, 15) is 4.79 Å². The van der Waals surface area contributed by atoms with Crippen LogP contribution in [0.1, 0.15) is 13.8 Å². The fourth-order valence-electron chi connectivity index (χ4n) is 2.62. The molecule has 1 unspecified atom stereocenters. The first-order valence-corrected chi connectivity index (χ1v) is 6.60. The molecule has 106 valence electrons. The molecule has 0 aromatic carbocycles. The van der Waals surface area contributed by atoms with Crippen LogP contribution in [0.2, 0.25) is 0 Å². The molecule has 0 spiro atoms. The fourth-order valence-corrected chi connectivity index (χ4v) is 2.62. The lowest BCUT2D eigenvalue weighted by molar-refractivity contribution is -0.135. The molecule has 2 N–H and O–H groups in total. The molecule has 1 aliphatic heterocycles. The van der Waals surface area contributed by atoms with Gasteiger partial charge < -0.3 is 15.5 Å².